The van der Waals surface area contributed by atoms with Crippen molar-refractivity contribution >= 4 is 22.7 Å². The van der Waals surface area contributed by atoms with Crippen LogP contribution in [0.5, 0.6) is 0 Å². The fourth-order valence-electron chi connectivity index (χ4n) is 2.13. The van der Waals surface area contributed by atoms with Gasteiger partial charge < -0.3 is 4.42 Å². The molecule has 0 saturated carbocycles. The second-order valence-electron chi connectivity index (χ2n) is 4.73. The van der Waals surface area contributed by atoms with Crippen LogP contribution in [0.15, 0.2) is 21.5 Å². The van der Waals surface area contributed by atoms with Gasteiger partial charge in [-0.2, -0.15) is 13.2 Å². The van der Waals surface area contributed by atoms with Crippen LogP contribution in [0.1, 0.15) is 17.8 Å². The van der Waals surface area contributed by atoms with Crippen LogP contribution in [-0.2, 0) is 6.18 Å². The highest BCUT2D eigenvalue weighted by Crippen LogP contribution is 2.37. The molecule has 0 bridgehead atoms. The fourth-order valence-corrected chi connectivity index (χ4v) is 2.32. The molecule has 0 radical (unpaired) electrons. The zero-order valence-corrected chi connectivity index (χ0v) is 12.3. The highest BCUT2D eigenvalue weighted by atomic mass is 35.5. The van der Waals surface area contributed by atoms with Gasteiger partial charge in [-0.1, -0.05) is 11.6 Å². The van der Waals surface area contributed by atoms with Crippen molar-refractivity contribution in [3.8, 4) is 11.3 Å². The maximum Gasteiger partial charge on any atom is 0.435 e. The van der Waals surface area contributed by atoms with Gasteiger partial charge in [-0.25, -0.2) is 22.9 Å². The smallest absolute Gasteiger partial charge is 0.407 e. The highest BCUT2D eigenvalue weighted by molar-refractivity contribution is 6.35. The van der Waals surface area contributed by atoms with Crippen molar-refractivity contribution in [1.82, 2.24) is 15.0 Å². The van der Waals surface area contributed by atoms with Crippen LogP contribution < -0.4 is 5.76 Å². The van der Waals surface area contributed by atoms with E-state index in [1.807, 2.05) is 0 Å². The van der Waals surface area contributed by atoms with Gasteiger partial charge in [0, 0.05) is 5.56 Å². The summed E-state index contributed by atoms with van der Waals surface area (Å²) in [5.74, 6) is -2.13. The van der Waals surface area contributed by atoms with Crippen molar-refractivity contribution in [2.24, 2.45) is 0 Å². The average molecular weight is 384 g/mol. The Hall–Kier alpha value is -2.56. The molecule has 0 saturated heterocycles. The molecular weight excluding hydrogens is 380 g/mol. The van der Waals surface area contributed by atoms with Gasteiger partial charge >= 0.3 is 11.9 Å². The van der Waals surface area contributed by atoms with Crippen LogP contribution in [0.4, 0.5) is 26.3 Å². The first kappa shape index (κ1) is 17.3. The number of rotatable bonds is 2. The van der Waals surface area contributed by atoms with E-state index in [4.69, 9.17) is 16.0 Å². The number of alkyl halides is 5. The lowest BCUT2D eigenvalue weighted by Crippen LogP contribution is -2.14. The summed E-state index contributed by atoms with van der Waals surface area (Å²) in [5.41, 5.74) is -5.23. The molecule has 0 atom stereocenters. The molecule has 1 N–H and O–H groups in total. The second-order valence-corrected chi connectivity index (χ2v) is 5.10. The normalized spacial score (nSPS) is 12.3. The van der Waals surface area contributed by atoms with Gasteiger partial charge in [-0.15, -0.1) is 0 Å². The highest BCUT2D eigenvalue weighted by Gasteiger charge is 2.39. The Balaban J connectivity index is 2.33. The van der Waals surface area contributed by atoms with Gasteiger partial charge in [0.25, 0.3) is 6.43 Å². The van der Waals surface area contributed by atoms with Gasteiger partial charge in [0.15, 0.2) is 11.3 Å². The Morgan fingerprint density at radius 1 is 1.28 bits per heavy atom. The Morgan fingerprint density at radius 3 is 2.56 bits per heavy atom. The van der Waals surface area contributed by atoms with E-state index in [-0.39, 0.29) is 11.1 Å². The number of halogens is 7. The Labute approximate surface area is 138 Å². The van der Waals surface area contributed by atoms with Crippen LogP contribution in [0.25, 0.3) is 22.4 Å². The molecule has 0 spiro atoms. The van der Waals surface area contributed by atoms with Crippen LogP contribution in [0.3, 0.4) is 0 Å². The minimum atomic E-state index is -5.22. The number of hydrogen-bond donors (Lipinski definition) is 1. The molecule has 5 nitrogen and oxygen atoms in total. The van der Waals surface area contributed by atoms with Crippen LogP contribution >= 0.6 is 11.6 Å². The molecule has 2 heterocycles. The molecule has 1 aromatic carbocycles. The summed E-state index contributed by atoms with van der Waals surface area (Å²) in [6.45, 7) is 0. The lowest BCUT2D eigenvalue weighted by Gasteiger charge is -2.12. The number of oxazole rings is 1. The van der Waals surface area contributed by atoms with Gasteiger partial charge in [0.2, 0.25) is 0 Å². The number of nitrogens with one attached hydrogen (secondary N) is 1. The van der Waals surface area contributed by atoms with Crippen molar-refractivity contribution in [3.05, 3.63) is 45.0 Å². The zero-order valence-electron chi connectivity index (χ0n) is 11.6. The molecule has 3 aromatic rings. The number of benzene rings is 1. The van der Waals surface area contributed by atoms with Crippen molar-refractivity contribution in [2.75, 3.05) is 0 Å². The summed E-state index contributed by atoms with van der Waals surface area (Å²) in [7, 11) is 0. The van der Waals surface area contributed by atoms with Gasteiger partial charge in [0.1, 0.15) is 22.1 Å². The summed E-state index contributed by atoms with van der Waals surface area (Å²) in [6.07, 6.45) is -8.16. The Bertz CT molecular complexity index is 1030. The topological polar surface area (TPSA) is 71.8 Å². The lowest BCUT2D eigenvalue weighted by molar-refractivity contribution is -0.143. The molecule has 0 unspecified atom stereocenters. The molecule has 0 aliphatic carbocycles. The number of nitrogens with zero attached hydrogens (tertiary/aromatic N) is 2. The largest absolute Gasteiger partial charge is 0.435 e. The summed E-state index contributed by atoms with van der Waals surface area (Å²) in [5, 5.41) is -0.530. The zero-order chi connectivity index (χ0) is 18.5. The van der Waals surface area contributed by atoms with E-state index in [1.165, 1.54) is 0 Å². The minimum absolute atomic E-state index is 0.310. The third-order valence-corrected chi connectivity index (χ3v) is 3.52. The van der Waals surface area contributed by atoms with E-state index in [9.17, 15) is 31.1 Å². The monoisotopic (exact) mass is 383 g/mol. The first-order valence-corrected chi connectivity index (χ1v) is 6.71. The van der Waals surface area contributed by atoms with E-state index >= 15 is 0 Å². The Kier molecular flexibility index (Phi) is 3.98. The van der Waals surface area contributed by atoms with Crippen LogP contribution in [-0.4, -0.2) is 15.0 Å². The number of aromatic nitrogens is 3. The van der Waals surface area contributed by atoms with Gasteiger partial charge in [-0.3, -0.25) is 9.97 Å². The minimum Gasteiger partial charge on any atom is -0.407 e. The third-order valence-electron chi connectivity index (χ3n) is 3.15. The number of aromatic amines is 1. The maximum absolute atomic E-state index is 13.9. The molecule has 0 aliphatic rings. The first-order valence-electron chi connectivity index (χ1n) is 6.33. The molecular formula is C13H4ClF6N3O2. The quantitative estimate of drug-likeness (QED) is 0.669. The number of hydrogen-bond acceptors (Lipinski definition) is 4. The predicted octanol–water partition coefficient (Wildman–Crippen LogP) is 4.33. The average Bonchev–Trinajstić information content (AvgIpc) is 2.91. The van der Waals surface area contributed by atoms with Crippen LogP contribution in [0, 0.1) is 5.82 Å². The van der Waals surface area contributed by atoms with E-state index < -0.39 is 51.8 Å². The predicted molar refractivity (Wildman–Crippen MR) is 72.8 cm³/mol. The van der Waals surface area contributed by atoms with Crippen molar-refractivity contribution in [2.45, 2.75) is 12.6 Å². The second kappa shape index (κ2) is 5.76. The first-order chi connectivity index (χ1) is 11.6. The number of H-pyrrole nitrogens is 1. The molecule has 0 aliphatic heterocycles. The Morgan fingerprint density at radius 2 is 1.96 bits per heavy atom. The van der Waals surface area contributed by atoms with Crippen LogP contribution in [0.2, 0.25) is 5.02 Å². The van der Waals surface area contributed by atoms with Crippen molar-refractivity contribution < 1.29 is 30.8 Å². The van der Waals surface area contributed by atoms with Crippen molar-refractivity contribution in [3.63, 3.8) is 0 Å². The molecule has 0 fully saturated rings. The van der Waals surface area contributed by atoms with E-state index in [1.54, 1.807) is 0 Å². The molecule has 132 valence electrons. The molecule has 3 rings (SSSR count). The summed E-state index contributed by atoms with van der Waals surface area (Å²) < 4.78 is 82.9. The summed E-state index contributed by atoms with van der Waals surface area (Å²) >= 11 is 5.65. The standard InChI is InChI=1S/C13H4ClF6N3O2/c14-6-4(15)1-3(9-7(6)23-12(24)25-9)5-2-21-8(11(16)17)10(22-5)13(18,19)20/h1-2,11H,(H,23,24). The molecule has 0 amide bonds. The molecule has 25 heavy (non-hydrogen) atoms. The van der Waals surface area contributed by atoms with E-state index in [0.717, 1.165) is 0 Å². The molecule has 12 heteroatoms. The van der Waals surface area contributed by atoms with Gasteiger partial charge in [0.05, 0.1) is 11.9 Å². The number of fused-ring (bicyclic) bond motifs is 1. The SMILES string of the molecule is O=c1[nH]c2c(Cl)c(F)cc(-c3cnc(C(F)F)c(C(F)(F)F)n3)c2o1. The molecule has 2 aromatic heterocycles. The van der Waals surface area contributed by atoms with E-state index in [2.05, 4.69) is 15.0 Å². The summed E-state index contributed by atoms with van der Waals surface area (Å²) in [6, 6.07) is 0.660. The van der Waals surface area contributed by atoms with Gasteiger partial charge in [-0.05, 0) is 6.07 Å². The fraction of sp³-hybridized carbons (Fsp3) is 0.154. The lowest BCUT2D eigenvalue weighted by atomic mass is 10.1. The maximum atomic E-state index is 13.9. The van der Waals surface area contributed by atoms with Crippen molar-refractivity contribution in [1.29, 1.82) is 0 Å². The third kappa shape index (κ3) is 2.95. The van der Waals surface area contributed by atoms with E-state index in [0.29, 0.717) is 12.3 Å². The summed E-state index contributed by atoms with van der Waals surface area (Å²) in [4.78, 5) is 19.5.